The number of hydrogen-bond donors (Lipinski definition) is 2. The predicted octanol–water partition coefficient (Wildman–Crippen LogP) is 11.0. The molecule has 3 N–H and O–H groups in total. The third-order valence-corrected chi connectivity index (χ3v) is 15.8. The van der Waals surface area contributed by atoms with Crippen molar-refractivity contribution in [2.75, 3.05) is 17.0 Å². The number of aryl methyl sites for hydroxylation is 1. The topological polar surface area (TPSA) is 232 Å². The second-order valence-electron chi connectivity index (χ2n) is 19.0. The monoisotopic (exact) mass is 1140 g/mol. The maximum absolute atomic E-state index is 15.1. The summed E-state index contributed by atoms with van der Waals surface area (Å²) in [7, 11) is -3.43. The zero-order valence-corrected chi connectivity index (χ0v) is 45.3. The van der Waals surface area contributed by atoms with Crippen molar-refractivity contribution in [1.82, 2.24) is 24.0 Å². The number of sulfonamides is 1. The first-order valence-corrected chi connectivity index (χ1v) is 28.2. The number of nitrogens with two attached hydrogens (primary N) is 1. The van der Waals surface area contributed by atoms with Gasteiger partial charge in [0, 0.05) is 76.5 Å². The van der Waals surface area contributed by atoms with E-state index in [4.69, 9.17) is 53.2 Å². The molecule has 2 atom stereocenters. The molecule has 1 amide bonds. The second-order valence-corrected chi connectivity index (χ2v) is 24.0. The predicted molar refractivity (Wildman–Crippen MR) is 285 cm³/mol. The Morgan fingerprint density at radius 2 is 1.26 bits per heavy atom. The van der Waals surface area contributed by atoms with Gasteiger partial charge in [-0.05, 0) is 118 Å². The Labute approximate surface area is 449 Å². The lowest BCUT2D eigenvalue weighted by Gasteiger charge is -2.33. The maximum atomic E-state index is 15.1. The Kier molecular flexibility index (Phi) is 16.1. The molecule has 0 fully saturated rings. The summed E-state index contributed by atoms with van der Waals surface area (Å²) >= 11 is 11.4. The molecule has 76 heavy (non-hydrogen) atoms. The normalized spacial score (nSPS) is 14.4. The number of hydrogen-bond acceptors (Lipinski definition) is 13. The number of anilines is 2. The van der Waals surface area contributed by atoms with Gasteiger partial charge in [0.25, 0.3) is 19.1 Å². The van der Waals surface area contributed by atoms with Gasteiger partial charge in [0.15, 0.2) is 11.2 Å². The number of amides is 1. The van der Waals surface area contributed by atoms with Gasteiger partial charge >= 0.3 is 17.6 Å². The Hall–Kier alpha value is -6.78. The average Bonchev–Trinajstić information content (AvgIpc) is 3.85. The molecule has 0 bridgehead atoms. The average molecular weight is 1140 g/mol. The molecule has 0 saturated heterocycles. The number of nitrogens with zero attached hydrogens (tertiary/aromatic N) is 5. The lowest BCUT2D eigenvalue weighted by atomic mass is 9.86. The summed E-state index contributed by atoms with van der Waals surface area (Å²) in [6.07, 6.45) is 7.18. The summed E-state index contributed by atoms with van der Waals surface area (Å²) in [6.45, 7) is 9.79. The van der Waals surface area contributed by atoms with Crippen molar-refractivity contribution in [3.05, 3.63) is 173 Å². The first-order chi connectivity index (χ1) is 35.8. The van der Waals surface area contributed by atoms with Crippen LogP contribution in [0.1, 0.15) is 92.9 Å². The number of rotatable bonds is 8. The van der Waals surface area contributed by atoms with Gasteiger partial charge in [-0.25, -0.2) is 50.0 Å². The summed E-state index contributed by atoms with van der Waals surface area (Å²) < 4.78 is 99.5. The van der Waals surface area contributed by atoms with E-state index in [2.05, 4.69) is 20.8 Å². The molecular weight excluding hydrogens is 1090 g/mol. The molecule has 1 aliphatic heterocycles. The van der Waals surface area contributed by atoms with E-state index < -0.39 is 75.8 Å². The zero-order chi connectivity index (χ0) is 55.0. The molecule has 0 unspecified atom stereocenters. The highest BCUT2D eigenvalue weighted by molar-refractivity contribution is 8.13. The SMILES string of the molecule is C[C@H](c1cccc2c1CCCC2)n1c(=O)oc2cc(S(=O)(=O)Nc3cc(Cl)ccn3)c(F)cc21.C[C@H](c1cccc2c1CN(C(=O)OC(C)(C)C)CC2)n1c(=O)oc2cc(S(=O)(=O)Cl)c(F)cc21.Nc1cc(Cl)ccn1. The molecule has 0 spiro atoms. The number of benzene rings is 4. The fraction of sp³-hybridized carbons (Fsp3) is 0.288. The van der Waals surface area contributed by atoms with Crippen molar-refractivity contribution in [1.29, 1.82) is 0 Å². The van der Waals surface area contributed by atoms with Gasteiger partial charge in [0.1, 0.15) is 38.7 Å². The van der Waals surface area contributed by atoms with Crippen LogP contribution in [0, 0.1) is 11.6 Å². The van der Waals surface area contributed by atoms with Gasteiger partial charge in [-0.15, -0.1) is 0 Å². The molecular formula is C52H50Cl3F2N7O10S2. The smallest absolute Gasteiger partial charge is 0.420 e. The minimum Gasteiger partial charge on any atom is -0.444 e. The summed E-state index contributed by atoms with van der Waals surface area (Å²) in [6, 6.07) is 20.6. The van der Waals surface area contributed by atoms with Crippen molar-refractivity contribution in [3.63, 3.8) is 0 Å². The lowest BCUT2D eigenvalue weighted by molar-refractivity contribution is 0.0223. The number of nitrogens with one attached hydrogen (secondary N) is 1. The molecule has 2 aliphatic rings. The van der Waals surface area contributed by atoms with E-state index in [1.165, 1.54) is 38.6 Å². The molecule has 17 nitrogen and oxygen atoms in total. The van der Waals surface area contributed by atoms with Crippen LogP contribution in [0.2, 0.25) is 10.0 Å². The van der Waals surface area contributed by atoms with E-state index in [-0.39, 0.29) is 39.6 Å². The van der Waals surface area contributed by atoms with Gasteiger partial charge in [-0.3, -0.25) is 13.9 Å². The summed E-state index contributed by atoms with van der Waals surface area (Å²) in [5, 5.41) is 0.890. The molecule has 400 valence electrons. The first-order valence-electron chi connectivity index (χ1n) is 23.6. The van der Waals surface area contributed by atoms with Gasteiger partial charge < -0.3 is 24.2 Å². The van der Waals surface area contributed by atoms with Crippen molar-refractivity contribution in [2.45, 2.75) is 101 Å². The number of halogens is 5. The minimum absolute atomic E-state index is 0.0255. The van der Waals surface area contributed by atoms with E-state index >= 15 is 4.39 Å². The molecule has 8 aromatic rings. The highest BCUT2D eigenvalue weighted by Gasteiger charge is 2.31. The number of oxazole rings is 2. The first kappa shape index (κ1) is 55.5. The van der Waals surface area contributed by atoms with Crippen molar-refractivity contribution in [2.24, 2.45) is 0 Å². The number of pyridine rings is 2. The molecule has 24 heteroatoms. The zero-order valence-electron chi connectivity index (χ0n) is 41.4. The summed E-state index contributed by atoms with van der Waals surface area (Å²) in [5.74, 6) is -3.17. The molecule has 0 saturated carbocycles. The van der Waals surface area contributed by atoms with Gasteiger partial charge in [0.05, 0.1) is 23.1 Å². The van der Waals surface area contributed by atoms with Gasteiger partial charge in [-0.2, -0.15) is 0 Å². The maximum Gasteiger partial charge on any atom is 0.420 e. The number of carbonyl (C=O) groups is 1. The van der Waals surface area contributed by atoms with Crippen LogP contribution in [0.5, 0.6) is 0 Å². The fourth-order valence-corrected chi connectivity index (χ4v) is 11.5. The lowest BCUT2D eigenvalue weighted by Crippen LogP contribution is -2.40. The van der Waals surface area contributed by atoms with E-state index in [0.717, 1.165) is 72.2 Å². The van der Waals surface area contributed by atoms with E-state index in [9.17, 15) is 35.6 Å². The standard InChI is InChI=1S/C24H21ClFN3O4S.C23H24ClFN2O6S.C5H5ClN2/c1-14(17-8-4-6-15-5-2-3-7-18(15)17)29-20-12-19(26)22(13-21(20)33-24(29)30)34(31,32)28-23-11-16(25)9-10-27-23;1-13(27-18-10-17(25)20(34(24,30)31)11-19(18)32-22(27)29)15-7-5-6-14-8-9-26(12-16(14)15)21(28)33-23(2,3)4;6-4-1-2-8-5(7)3-4/h4,6,8-14H,2-3,5,7H2,1H3,(H,27,28);5-7,10-11,13H,8-9,12H2,1-4H3;1-3H,(H2,7,8)/t14-;13-;/m11./s1. The highest BCUT2D eigenvalue weighted by Crippen LogP contribution is 2.35. The Bertz CT molecular complexity index is 3880. The van der Waals surface area contributed by atoms with Gasteiger partial charge in [-0.1, -0.05) is 59.6 Å². The van der Waals surface area contributed by atoms with Crippen molar-refractivity contribution in [3.8, 4) is 0 Å². The molecule has 4 aromatic carbocycles. The van der Waals surface area contributed by atoms with E-state index in [1.807, 2.05) is 37.3 Å². The largest absolute Gasteiger partial charge is 0.444 e. The van der Waals surface area contributed by atoms with Crippen molar-refractivity contribution >= 4 is 92.9 Å². The summed E-state index contributed by atoms with van der Waals surface area (Å²) in [5.41, 5.74) is 10.9. The number of aromatic nitrogens is 4. The summed E-state index contributed by atoms with van der Waals surface area (Å²) in [4.78, 5) is 46.0. The third-order valence-electron chi connectivity index (χ3n) is 12.7. The van der Waals surface area contributed by atoms with Crippen LogP contribution in [0.15, 0.2) is 126 Å². The number of fused-ring (bicyclic) bond motifs is 4. The van der Waals surface area contributed by atoms with Crippen LogP contribution in [0.3, 0.4) is 0 Å². The third kappa shape index (κ3) is 12.2. The molecule has 5 heterocycles. The Morgan fingerprint density at radius 1 is 0.737 bits per heavy atom. The van der Waals surface area contributed by atoms with Crippen LogP contribution in [0.4, 0.5) is 25.2 Å². The van der Waals surface area contributed by atoms with Crippen LogP contribution in [0.25, 0.3) is 22.2 Å². The minimum atomic E-state index is -4.36. The van der Waals surface area contributed by atoms with E-state index in [0.29, 0.717) is 23.8 Å². The quantitative estimate of drug-likeness (QED) is 0.135. The molecule has 1 aliphatic carbocycles. The Balaban J connectivity index is 0.000000176. The highest BCUT2D eigenvalue weighted by atomic mass is 35.7. The van der Waals surface area contributed by atoms with Crippen LogP contribution >= 0.6 is 33.9 Å². The number of carbonyl (C=O) groups excluding carboxylic acids is 1. The molecule has 4 aromatic heterocycles. The second kappa shape index (κ2) is 22.1. The van der Waals surface area contributed by atoms with Crippen LogP contribution in [-0.2, 0) is 49.6 Å². The van der Waals surface area contributed by atoms with Crippen LogP contribution < -0.4 is 22.0 Å². The number of ether oxygens (including phenoxy) is 1. The Morgan fingerprint density at radius 3 is 1.80 bits per heavy atom. The number of nitrogen functional groups attached to an aromatic ring is 1. The van der Waals surface area contributed by atoms with Crippen molar-refractivity contribution < 1.29 is 44.0 Å². The molecule has 0 radical (unpaired) electrons. The van der Waals surface area contributed by atoms with Gasteiger partial charge in [0.2, 0.25) is 0 Å². The molecule has 10 rings (SSSR count). The fourth-order valence-electron chi connectivity index (χ4n) is 9.23. The van der Waals surface area contributed by atoms with E-state index in [1.54, 1.807) is 50.9 Å². The van der Waals surface area contributed by atoms with Crippen LogP contribution in [-0.4, -0.2) is 59.1 Å².